The number of carbonyl (C=O) groups is 1. The van der Waals surface area contributed by atoms with Crippen LogP contribution in [0.25, 0.3) is 11.1 Å². The predicted octanol–water partition coefficient (Wildman–Crippen LogP) is 4.08. The molecule has 0 fully saturated rings. The number of para-hydroxylation sites is 2. The normalized spacial score (nSPS) is 11.4. The third-order valence-corrected chi connectivity index (χ3v) is 6.29. The number of aryl methyl sites for hydroxylation is 1. The van der Waals surface area contributed by atoms with Crippen molar-refractivity contribution in [1.29, 1.82) is 0 Å². The Hall–Kier alpha value is -3.56. The summed E-state index contributed by atoms with van der Waals surface area (Å²) >= 11 is 5.89. The molecule has 32 heavy (non-hydrogen) atoms. The van der Waals surface area contributed by atoms with Gasteiger partial charge in [-0.2, -0.15) is 0 Å². The van der Waals surface area contributed by atoms with E-state index in [-0.39, 0.29) is 23.8 Å². The average molecular weight is 472 g/mol. The van der Waals surface area contributed by atoms with Crippen molar-refractivity contribution in [2.75, 3.05) is 10.0 Å². The topological polar surface area (TPSA) is 110 Å². The lowest BCUT2D eigenvalue weighted by atomic mass is 10.3. The molecule has 1 amide bonds. The third kappa shape index (κ3) is 4.84. The van der Waals surface area contributed by atoms with Gasteiger partial charge in [0.2, 0.25) is 5.91 Å². The van der Waals surface area contributed by atoms with E-state index < -0.39 is 15.8 Å². The molecule has 0 aliphatic carbocycles. The summed E-state index contributed by atoms with van der Waals surface area (Å²) < 4.78 is 34.1. The lowest BCUT2D eigenvalue weighted by Gasteiger charge is -2.10. The first kappa shape index (κ1) is 21.7. The van der Waals surface area contributed by atoms with Crippen molar-refractivity contribution in [2.24, 2.45) is 0 Å². The first-order valence-corrected chi connectivity index (χ1v) is 11.4. The Morgan fingerprint density at radius 1 is 0.969 bits per heavy atom. The van der Waals surface area contributed by atoms with Crippen LogP contribution in [0.2, 0.25) is 5.02 Å². The van der Waals surface area contributed by atoms with E-state index in [1.165, 1.54) is 34.9 Å². The van der Waals surface area contributed by atoms with Crippen LogP contribution < -0.4 is 15.8 Å². The van der Waals surface area contributed by atoms with Crippen LogP contribution in [-0.2, 0) is 21.4 Å². The first-order valence-electron chi connectivity index (χ1n) is 9.58. The minimum absolute atomic E-state index is 0.0342. The fourth-order valence-electron chi connectivity index (χ4n) is 3.15. The number of benzene rings is 3. The number of sulfonamides is 1. The molecule has 1 heterocycles. The van der Waals surface area contributed by atoms with Crippen LogP contribution in [0.1, 0.15) is 6.42 Å². The van der Waals surface area contributed by atoms with Gasteiger partial charge in [-0.1, -0.05) is 29.8 Å². The van der Waals surface area contributed by atoms with E-state index in [9.17, 15) is 18.0 Å². The van der Waals surface area contributed by atoms with Crippen LogP contribution in [0.4, 0.5) is 11.4 Å². The van der Waals surface area contributed by atoms with Crippen LogP contribution in [0, 0.1) is 0 Å². The fourth-order valence-corrected chi connectivity index (χ4v) is 4.39. The summed E-state index contributed by atoms with van der Waals surface area (Å²) in [5.74, 6) is -0.851. The number of nitrogens with one attached hydrogen (secondary N) is 2. The number of anilines is 2. The minimum atomic E-state index is -3.81. The van der Waals surface area contributed by atoms with Gasteiger partial charge in [0, 0.05) is 23.7 Å². The maximum Gasteiger partial charge on any atom is 0.419 e. The monoisotopic (exact) mass is 471 g/mol. The molecule has 8 nitrogen and oxygen atoms in total. The van der Waals surface area contributed by atoms with Gasteiger partial charge >= 0.3 is 5.76 Å². The second-order valence-corrected chi connectivity index (χ2v) is 9.04. The third-order valence-electron chi connectivity index (χ3n) is 4.66. The number of oxazole rings is 1. The Balaban J connectivity index is 1.39. The maximum atomic E-state index is 12.5. The molecule has 0 radical (unpaired) electrons. The van der Waals surface area contributed by atoms with Crippen molar-refractivity contribution in [3.8, 4) is 0 Å². The van der Waals surface area contributed by atoms with Gasteiger partial charge in [-0.3, -0.25) is 14.1 Å². The molecule has 0 saturated carbocycles. The summed E-state index contributed by atoms with van der Waals surface area (Å²) in [6, 6.07) is 19.1. The summed E-state index contributed by atoms with van der Waals surface area (Å²) in [5.41, 5.74) is 1.85. The second-order valence-electron chi connectivity index (χ2n) is 6.93. The highest BCUT2D eigenvalue weighted by atomic mass is 35.5. The largest absolute Gasteiger partial charge is 0.419 e. The first-order chi connectivity index (χ1) is 15.3. The van der Waals surface area contributed by atoms with Gasteiger partial charge in [0.1, 0.15) is 0 Å². The molecule has 0 unspecified atom stereocenters. The van der Waals surface area contributed by atoms with Gasteiger partial charge in [-0.15, -0.1) is 0 Å². The molecule has 0 spiro atoms. The quantitative estimate of drug-likeness (QED) is 0.422. The van der Waals surface area contributed by atoms with E-state index in [1.54, 1.807) is 42.5 Å². The van der Waals surface area contributed by atoms with Gasteiger partial charge in [-0.25, -0.2) is 13.2 Å². The van der Waals surface area contributed by atoms with Crippen LogP contribution in [0.5, 0.6) is 0 Å². The molecule has 4 aromatic rings. The maximum absolute atomic E-state index is 12.5. The smallest absolute Gasteiger partial charge is 0.408 e. The number of halogens is 1. The summed E-state index contributed by atoms with van der Waals surface area (Å²) in [5, 5.41) is 3.10. The molecule has 0 aliphatic heterocycles. The van der Waals surface area contributed by atoms with E-state index in [0.717, 1.165) is 0 Å². The zero-order chi connectivity index (χ0) is 22.7. The number of amides is 1. The highest BCUT2D eigenvalue weighted by Crippen LogP contribution is 2.21. The highest BCUT2D eigenvalue weighted by Gasteiger charge is 2.15. The molecule has 10 heteroatoms. The second kappa shape index (κ2) is 8.89. The average Bonchev–Trinajstić information content (AvgIpc) is 3.07. The Morgan fingerprint density at radius 2 is 1.72 bits per heavy atom. The molecule has 164 valence electrons. The lowest BCUT2D eigenvalue weighted by molar-refractivity contribution is -0.116. The van der Waals surface area contributed by atoms with Crippen molar-refractivity contribution in [1.82, 2.24) is 4.57 Å². The number of hydrogen-bond acceptors (Lipinski definition) is 5. The van der Waals surface area contributed by atoms with E-state index in [2.05, 4.69) is 10.0 Å². The Kier molecular flexibility index (Phi) is 6.02. The molecule has 1 aromatic heterocycles. The summed E-state index contributed by atoms with van der Waals surface area (Å²) in [6.45, 7) is 0.150. The van der Waals surface area contributed by atoms with Crippen LogP contribution in [0.3, 0.4) is 0 Å². The molecular weight excluding hydrogens is 454 g/mol. The zero-order valence-electron chi connectivity index (χ0n) is 16.6. The Morgan fingerprint density at radius 3 is 2.47 bits per heavy atom. The van der Waals surface area contributed by atoms with Gasteiger partial charge < -0.3 is 9.73 Å². The van der Waals surface area contributed by atoms with Crippen LogP contribution in [0.15, 0.2) is 86.9 Å². The SMILES string of the molecule is O=C(CCn1c(=O)oc2ccccc21)Nc1ccc(S(=O)(=O)Nc2cccc(Cl)c2)cc1. The van der Waals surface area contributed by atoms with Crippen molar-refractivity contribution in [3.05, 3.63) is 88.4 Å². The Labute approximate surface area is 188 Å². The van der Waals surface area contributed by atoms with E-state index in [4.69, 9.17) is 16.0 Å². The molecule has 0 atom stereocenters. The summed E-state index contributed by atoms with van der Waals surface area (Å²) in [4.78, 5) is 24.3. The predicted molar refractivity (Wildman–Crippen MR) is 122 cm³/mol. The lowest BCUT2D eigenvalue weighted by Crippen LogP contribution is -2.20. The van der Waals surface area contributed by atoms with Gasteiger partial charge in [0.05, 0.1) is 16.1 Å². The van der Waals surface area contributed by atoms with Crippen molar-refractivity contribution in [3.63, 3.8) is 0 Å². The molecule has 0 aliphatic rings. The number of carbonyl (C=O) groups excluding carboxylic acids is 1. The van der Waals surface area contributed by atoms with Gasteiger partial charge in [0.25, 0.3) is 10.0 Å². The number of nitrogens with zero attached hydrogens (tertiary/aromatic N) is 1. The number of aromatic nitrogens is 1. The molecule has 0 bridgehead atoms. The summed E-state index contributed by atoms with van der Waals surface area (Å²) in [7, 11) is -3.81. The van der Waals surface area contributed by atoms with E-state index in [0.29, 0.717) is 27.5 Å². The number of fused-ring (bicyclic) bond motifs is 1. The van der Waals surface area contributed by atoms with Gasteiger partial charge in [0.15, 0.2) is 5.58 Å². The standard InChI is InChI=1S/C22H18ClN3O5S/c23-15-4-3-5-17(14-15)25-32(29,30)18-10-8-16(9-11-18)24-21(27)12-13-26-19-6-1-2-7-20(19)31-22(26)28/h1-11,14,25H,12-13H2,(H,24,27). The van der Waals surface area contributed by atoms with Crippen LogP contribution >= 0.6 is 11.6 Å². The van der Waals surface area contributed by atoms with Gasteiger partial charge in [-0.05, 0) is 54.6 Å². The molecule has 4 rings (SSSR count). The molecule has 2 N–H and O–H groups in total. The van der Waals surface area contributed by atoms with Crippen molar-refractivity contribution >= 4 is 50.0 Å². The molecular formula is C22H18ClN3O5S. The van der Waals surface area contributed by atoms with Crippen molar-refractivity contribution < 1.29 is 17.6 Å². The minimum Gasteiger partial charge on any atom is -0.408 e. The highest BCUT2D eigenvalue weighted by molar-refractivity contribution is 7.92. The fraction of sp³-hybridized carbons (Fsp3) is 0.0909. The number of rotatable bonds is 7. The van der Waals surface area contributed by atoms with Crippen molar-refractivity contribution in [2.45, 2.75) is 17.9 Å². The van der Waals surface area contributed by atoms with E-state index >= 15 is 0 Å². The molecule has 0 saturated heterocycles. The Bertz CT molecular complexity index is 1440. The molecule has 3 aromatic carbocycles. The number of hydrogen-bond donors (Lipinski definition) is 2. The van der Waals surface area contributed by atoms with Crippen LogP contribution in [-0.4, -0.2) is 18.9 Å². The zero-order valence-corrected chi connectivity index (χ0v) is 18.2. The van der Waals surface area contributed by atoms with E-state index in [1.807, 2.05) is 0 Å². The summed E-state index contributed by atoms with van der Waals surface area (Å²) in [6.07, 6.45) is 0.0415.